The molecule has 148 valence electrons. The number of amides is 1. The van der Waals surface area contributed by atoms with Gasteiger partial charge in [-0.2, -0.15) is 0 Å². The number of benzene rings is 2. The molecule has 1 atom stereocenters. The second kappa shape index (κ2) is 8.73. The first-order chi connectivity index (χ1) is 14.2. The lowest BCUT2D eigenvalue weighted by atomic mass is 9.97. The minimum atomic E-state index is -0.0942. The van der Waals surface area contributed by atoms with Gasteiger partial charge in [-0.1, -0.05) is 30.3 Å². The number of carbonyl (C=O) groups excluding carboxylic acids is 1. The van der Waals surface area contributed by atoms with Crippen molar-refractivity contribution in [2.75, 3.05) is 30.4 Å². The van der Waals surface area contributed by atoms with E-state index in [1.54, 1.807) is 7.11 Å². The molecule has 1 saturated heterocycles. The molecular weight excluding hydrogens is 364 g/mol. The van der Waals surface area contributed by atoms with E-state index in [-0.39, 0.29) is 11.8 Å². The van der Waals surface area contributed by atoms with Crippen LogP contribution in [0.25, 0.3) is 11.1 Å². The van der Waals surface area contributed by atoms with Crippen LogP contribution in [0.4, 0.5) is 11.6 Å². The summed E-state index contributed by atoms with van der Waals surface area (Å²) in [5.41, 5.74) is 2.85. The van der Waals surface area contributed by atoms with E-state index >= 15 is 0 Å². The van der Waals surface area contributed by atoms with Crippen molar-refractivity contribution in [3.05, 3.63) is 67.0 Å². The molecule has 6 heteroatoms. The Kier molecular flexibility index (Phi) is 5.70. The van der Waals surface area contributed by atoms with Gasteiger partial charge in [0.15, 0.2) is 0 Å². The van der Waals surface area contributed by atoms with Crippen molar-refractivity contribution >= 4 is 17.5 Å². The van der Waals surface area contributed by atoms with E-state index in [0.717, 1.165) is 42.0 Å². The second-order valence-electron chi connectivity index (χ2n) is 7.14. The van der Waals surface area contributed by atoms with E-state index in [1.165, 1.54) is 0 Å². The first kappa shape index (κ1) is 18.9. The monoisotopic (exact) mass is 388 g/mol. The number of nitrogens with one attached hydrogen (secondary N) is 1. The summed E-state index contributed by atoms with van der Waals surface area (Å²) in [6, 6.07) is 17.4. The van der Waals surface area contributed by atoms with Gasteiger partial charge in [-0.15, -0.1) is 0 Å². The van der Waals surface area contributed by atoms with Crippen LogP contribution in [-0.2, 0) is 4.79 Å². The van der Waals surface area contributed by atoms with Crippen LogP contribution in [-0.4, -0.2) is 36.1 Å². The Morgan fingerprint density at radius 3 is 2.45 bits per heavy atom. The predicted molar refractivity (Wildman–Crippen MR) is 114 cm³/mol. The van der Waals surface area contributed by atoms with Gasteiger partial charge in [0.25, 0.3) is 0 Å². The molecule has 6 nitrogen and oxygen atoms in total. The third-order valence-corrected chi connectivity index (χ3v) is 5.18. The summed E-state index contributed by atoms with van der Waals surface area (Å²) in [5, 5.41) is 3.00. The highest BCUT2D eigenvalue weighted by atomic mass is 16.5. The molecule has 0 radical (unpaired) electrons. The molecule has 0 bridgehead atoms. The minimum Gasteiger partial charge on any atom is -0.497 e. The van der Waals surface area contributed by atoms with Gasteiger partial charge in [0, 0.05) is 36.7 Å². The van der Waals surface area contributed by atoms with Gasteiger partial charge in [0.2, 0.25) is 11.9 Å². The minimum absolute atomic E-state index is 0.0285. The highest BCUT2D eigenvalue weighted by Gasteiger charge is 2.27. The largest absolute Gasteiger partial charge is 0.497 e. The van der Waals surface area contributed by atoms with E-state index in [0.29, 0.717) is 12.5 Å². The number of hydrogen-bond donors (Lipinski definition) is 1. The molecule has 0 aliphatic carbocycles. The quantitative estimate of drug-likeness (QED) is 0.715. The molecule has 1 amide bonds. The number of piperidine rings is 1. The van der Waals surface area contributed by atoms with Crippen molar-refractivity contribution in [1.29, 1.82) is 0 Å². The van der Waals surface area contributed by atoms with E-state index < -0.39 is 0 Å². The SMILES string of the molecule is COc1ccc(NC(=O)[C@H]2CCCN(c3ncc(-c4ccccc4)cn3)C2)cc1. The number of aromatic nitrogens is 2. The van der Waals surface area contributed by atoms with E-state index in [1.807, 2.05) is 67.0 Å². The third kappa shape index (κ3) is 4.54. The number of anilines is 2. The Labute approximate surface area is 170 Å². The topological polar surface area (TPSA) is 67.3 Å². The average Bonchev–Trinajstić information content (AvgIpc) is 2.80. The third-order valence-electron chi connectivity index (χ3n) is 5.18. The van der Waals surface area contributed by atoms with Gasteiger partial charge >= 0.3 is 0 Å². The maximum atomic E-state index is 12.7. The summed E-state index contributed by atoms with van der Waals surface area (Å²) in [4.78, 5) is 23.9. The average molecular weight is 388 g/mol. The van der Waals surface area contributed by atoms with Crippen LogP contribution < -0.4 is 15.0 Å². The van der Waals surface area contributed by atoms with Crippen LogP contribution in [0.2, 0.25) is 0 Å². The molecule has 0 spiro atoms. The van der Waals surface area contributed by atoms with E-state index in [4.69, 9.17) is 4.74 Å². The van der Waals surface area contributed by atoms with Crippen molar-refractivity contribution < 1.29 is 9.53 Å². The van der Waals surface area contributed by atoms with Crippen LogP contribution in [0.1, 0.15) is 12.8 Å². The summed E-state index contributed by atoms with van der Waals surface area (Å²) >= 11 is 0. The van der Waals surface area contributed by atoms with Crippen molar-refractivity contribution in [3.8, 4) is 16.9 Å². The molecule has 0 unspecified atom stereocenters. The molecule has 4 rings (SSSR count). The van der Waals surface area contributed by atoms with Gasteiger partial charge in [-0.25, -0.2) is 9.97 Å². The van der Waals surface area contributed by atoms with Crippen molar-refractivity contribution in [2.45, 2.75) is 12.8 Å². The Hall–Kier alpha value is -3.41. The summed E-state index contributed by atoms with van der Waals surface area (Å²) in [7, 11) is 1.62. The molecule has 1 N–H and O–H groups in total. The second-order valence-corrected chi connectivity index (χ2v) is 7.14. The molecular formula is C23H24N4O2. The first-order valence-corrected chi connectivity index (χ1v) is 9.80. The molecule has 2 heterocycles. The molecule has 1 aliphatic heterocycles. The van der Waals surface area contributed by atoms with E-state index in [2.05, 4.69) is 20.2 Å². The molecule has 2 aromatic carbocycles. The zero-order valence-electron chi connectivity index (χ0n) is 16.4. The Balaban J connectivity index is 1.40. The van der Waals surface area contributed by atoms with Gasteiger partial charge in [-0.05, 0) is 42.7 Å². The van der Waals surface area contributed by atoms with Gasteiger partial charge in [0.05, 0.1) is 13.0 Å². The zero-order chi connectivity index (χ0) is 20.1. The summed E-state index contributed by atoms with van der Waals surface area (Å²) in [6.45, 7) is 1.48. The Bertz CT molecular complexity index is 943. The van der Waals surface area contributed by atoms with Gasteiger partial charge in [-0.3, -0.25) is 4.79 Å². The van der Waals surface area contributed by atoms with Crippen molar-refractivity contribution in [2.24, 2.45) is 5.92 Å². The molecule has 1 aliphatic rings. The highest BCUT2D eigenvalue weighted by Crippen LogP contribution is 2.24. The molecule has 1 fully saturated rings. The van der Waals surface area contributed by atoms with Crippen LogP contribution in [0.15, 0.2) is 67.0 Å². The highest BCUT2D eigenvalue weighted by molar-refractivity contribution is 5.93. The lowest BCUT2D eigenvalue weighted by molar-refractivity contribution is -0.120. The number of nitrogens with zero attached hydrogens (tertiary/aromatic N) is 3. The predicted octanol–water partition coefficient (Wildman–Crippen LogP) is 4.01. The maximum Gasteiger partial charge on any atom is 0.229 e. The van der Waals surface area contributed by atoms with Crippen molar-refractivity contribution in [3.63, 3.8) is 0 Å². The molecule has 29 heavy (non-hydrogen) atoms. The number of carbonyl (C=O) groups is 1. The fourth-order valence-electron chi connectivity index (χ4n) is 3.56. The van der Waals surface area contributed by atoms with E-state index in [9.17, 15) is 4.79 Å². The van der Waals surface area contributed by atoms with Crippen molar-refractivity contribution in [1.82, 2.24) is 9.97 Å². The molecule has 1 aromatic heterocycles. The molecule has 3 aromatic rings. The smallest absolute Gasteiger partial charge is 0.229 e. The normalized spacial score (nSPS) is 16.3. The van der Waals surface area contributed by atoms with Gasteiger partial charge < -0.3 is 15.0 Å². The lowest BCUT2D eigenvalue weighted by Gasteiger charge is -2.32. The first-order valence-electron chi connectivity index (χ1n) is 9.80. The number of hydrogen-bond acceptors (Lipinski definition) is 5. The van der Waals surface area contributed by atoms with Crippen LogP contribution in [0.5, 0.6) is 5.75 Å². The van der Waals surface area contributed by atoms with Crippen LogP contribution in [0.3, 0.4) is 0 Å². The Morgan fingerprint density at radius 2 is 1.76 bits per heavy atom. The number of methoxy groups -OCH3 is 1. The summed E-state index contributed by atoms with van der Waals surface area (Å²) in [5.74, 6) is 1.37. The van der Waals surface area contributed by atoms with Gasteiger partial charge in [0.1, 0.15) is 5.75 Å². The standard InChI is InChI=1S/C23H24N4O2/c1-29-21-11-9-20(10-12-21)26-22(28)18-8-5-13-27(16-18)23-24-14-19(15-25-23)17-6-3-2-4-7-17/h2-4,6-7,9-12,14-15,18H,5,8,13,16H2,1H3,(H,26,28)/t18-/m0/s1. The fraction of sp³-hybridized carbons (Fsp3) is 0.261. The maximum absolute atomic E-state index is 12.7. The zero-order valence-corrected chi connectivity index (χ0v) is 16.4. The molecule has 0 saturated carbocycles. The number of ether oxygens (including phenoxy) is 1. The van der Waals surface area contributed by atoms with Crippen LogP contribution in [0, 0.1) is 5.92 Å². The summed E-state index contributed by atoms with van der Waals surface area (Å²) in [6.07, 6.45) is 5.49. The lowest BCUT2D eigenvalue weighted by Crippen LogP contribution is -2.41. The Morgan fingerprint density at radius 1 is 1.03 bits per heavy atom. The summed E-state index contributed by atoms with van der Waals surface area (Å²) < 4.78 is 5.16. The number of rotatable bonds is 5. The van der Waals surface area contributed by atoms with Crippen LogP contribution >= 0.6 is 0 Å². The fourth-order valence-corrected chi connectivity index (χ4v) is 3.56.